The predicted molar refractivity (Wildman–Crippen MR) is 116 cm³/mol. The number of carbonyl (C=O) groups is 1. The highest BCUT2D eigenvalue weighted by Gasteiger charge is 2.33. The van der Waals surface area contributed by atoms with E-state index < -0.39 is 29.5 Å². The van der Waals surface area contributed by atoms with Crippen LogP contribution in [-0.2, 0) is 18.0 Å². The van der Waals surface area contributed by atoms with Crippen molar-refractivity contribution in [3.63, 3.8) is 0 Å². The molecule has 34 heavy (non-hydrogen) atoms. The topological polar surface area (TPSA) is 86.3 Å². The average molecular weight is 473 g/mol. The number of fused-ring (bicyclic) bond motifs is 3. The predicted octanol–water partition coefficient (Wildman–Crippen LogP) is 4.08. The lowest BCUT2D eigenvalue weighted by Gasteiger charge is -2.36. The Labute approximate surface area is 190 Å². The first kappa shape index (κ1) is 22.1. The van der Waals surface area contributed by atoms with Gasteiger partial charge in [0, 0.05) is 25.0 Å². The number of anilines is 1. The number of halogens is 4. The van der Waals surface area contributed by atoms with Crippen molar-refractivity contribution < 1.29 is 27.1 Å². The molecule has 1 fully saturated rings. The normalized spacial score (nSPS) is 17.0. The van der Waals surface area contributed by atoms with Gasteiger partial charge in [0.1, 0.15) is 11.6 Å². The molecule has 1 aliphatic heterocycles. The molecule has 1 atom stereocenters. The van der Waals surface area contributed by atoms with E-state index in [2.05, 4.69) is 10.1 Å². The minimum atomic E-state index is -4.47. The highest BCUT2D eigenvalue weighted by Crippen LogP contribution is 2.34. The van der Waals surface area contributed by atoms with Gasteiger partial charge in [-0.2, -0.15) is 18.3 Å². The Morgan fingerprint density at radius 3 is 2.62 bits per heavy atom. The summed E-state index contributed by atoms with van der Waals surface area (Å²) in [6.45, 7) is 0.460. The van der Waals surface area contributed by atoms with Crippen LogP contribution in [0.1, 0.15) is 27.5 Å². The summed E-state index contributed by atoms with van der Waals surface area (Å²) in [6, 6.07) is 6.44. The number of morpholine rings is 1. The molecule has 2 aromatic carbocycles. The van der Waals surface area contributed by atoms with Crippen molar-refractivity contribution in [2.45, 2.75) is 12.2 Å². The molecule has 3 heterocycles. The zero-order valence-corrected chi connectivity index (χ0v) is 17.9. The third kappa shape index (κ3) is 3.61. The van der Waals surface area contributed by atoms with Gasteiger partial charge in [0.2, 0.25) is 0 Å². The monoisotopic (exact) mass is 473 g/mol. The van der Waals surface area contributed by atoms with Crippen LogP contribution in [0.3, 0.4) is 0 Å². The Bertz CT molecular complexity index is 1420. The number of alkyl halides is 3. The second-order valence-electron chi connectivity index (χ2n) is 8.09. The number of hydrogen-bond donors (Lipinski definition) is 1. The average Bonchev–Trinajstić information content (AvgIpc) is 3.20. The molecule has 0 aliphatic carbocycles. The molecule has 0 bridgehead atoms. The number of carbonyl (C=O) groups excluding carboxylic acids is 1. The van der Waals surface area contributed by atoms with Crippen molar-refractivity contribution in [3.8, 4) is 0 Å². The standard InChI is InChI=1S/C23H19F4N5O2/c1-31-20-15-8-14(17(24)9-18(15)30-21(28)16(20)10-29-31)22(33)32-6-7-34-11-19(32)12-2-4-13(5-3-12)23(25,26)27/h2-5,8-10,19H,6-7,11H2,1H3,(H2,28,30)/t19-/m1/s1. The van der Waals surface area contributed by atoms with Crippen LogP contribution in [0.4, 0.5) is 23.4 Å². The third-order valence-corrected chi connectivity index (χ3v) is 6.04. The molecule has 0 radical (unpaired) electrons. The van der Waals surface area contributed by atoms with E-state index in [4.69, 9.17) is 10.5 Å². The lowest BCUT2D eigenvalue weighted by Crippen LogP contribution is -2.43. The molecule has 176 valence electrons. The van der Waals surface area contributed by atoms with E-state index >= 15 is 4.39 Å². The fourth-order valence-corrected chi connectivity index (χ4v) is 4.32. The molecule has 11 heteroatoms. The second kappa shape index (κ2) is 7.94. The van der Waals surface area contributed by atoms with Crippen LogP contribution in [0, 0.1) is 5.82 Å². The minimum absolute atomic E-state index is 0.0797. The molecule has 0 spiro atoms. The van der Waals surface area contributed by atoms with E-state index in [1.165, 1.54) is 23.1 Å². The maximum Gasteiger partial charge on any atom is 0.416 e. The first-order valence-corrected chi connectivity index (χ1v) is 10.4. The Morgan fingerprint density at radius 2 is 1.91 bits per heavy atom. The zero-order chi connectivity index (χ0) is 24.2. The van der Waals surface area contributed by atoms with Gasteiger partial charge in [-0.25, -0.2) is 9.37 Å². The number of hydrogen-bond acceptors (Lipinski definition) is 5. The lowest BCUT2D eigenvalue weighted by atomic mass is 10.0. The van der Waals surface area contributed by atoms with Crippen molar-refractivity contribution in [1.82, 2.24) is 19.7 Å². The van der Waals surface area contributed by atoms with Crippen molar-refractivity contribution >= 4 is 33.5 Å². The minimum Gasteiger partial charge on any atom is -0.383 e. The maximum atomic E-state index is 15.1. The van der Waals surface area contributed by atoms with E-state index in [9.17, 15) is 18.0 Å². The number of ether oxygens (including phenoxy) is 1. The molecule has 1 saturated heterocycles. The van der Waals surface area contributed by atoms with Crippen LogP contribution < -0.4 is 5.73 Å². The molecule has 2 aromatic heterocycles. The highest BCUT2D eigenvalue weighted by molar-refractivity contribution is 6.10. The number of aromatic nitrogens is 3. The van der Waals surface area contributed by atoms with Gasteiger partial charge >= 0.3 is 6.18 Å². The quantitative estimate of drug-likeness (QED) is 0.444. The van der Waals surface area contributed by atoms with Crippen LogP contribution in [0.25, 0.3) is 21.8 Å². The first-order valence-electron chi connectivity index (χ1n) is 10.4. The molecule has 1 aliphatic rings. The highest BCUT2D eigenvalue weighted by atomic mass is 19.4. The maximum absolute atomic E-state index is 15.1. The van der Waals surface area contributed by atoms with E-state index in [-0.39, 0.29) is 36.7 Å². The number of nitrogens with zero attached hydrogens (tertiary/aromatic N) is 4. The molecule has 7 nitrogen and oxygen atoms in total. The molecular formula is C23H19F4N5O2. The number of amides is 1. The second-order valence-corrected chi connectivity index (χ2v) is 8.09. The van der Waals surface area contributed by atoms with Crippen molar-refractivity contribution in [1.29, 1.82) is 0 Å². The van der Waals surface area contributed by atoms with E-state index in [1.54, 1.807) is 17.9 Å². The molecule has 4 aromatic rings. The van der Waals surface area contributed by atoms with Crippen LogP contribution >= 0.6 is 0 Å². The third-order valence-electron chi connectivity index (χ3n) is 6.04. The van der Waals surface area contributed by atoms with Crippen molar-refractivity contribution in [3.05, 3.63) is 65.1 Å². The molecule has 5 rings (SSSR count). The van der Waals surface area contributed by atoms with Crippen LogP contribution in [0.5, 0.6) is 0 Å². The van der Waals surface area contributed by atoms with E-state index in [1.807, 2.05) is 0 Å². The van der Waals surface area contributed by atoms with Crippen LogP contribution in [0.15, 0.2) is 42.6 Å². The van der Waals surface area contributed by atoms with Gasteiger partial charge in [-0.05, 0) is 23.8 Å². The summed E-state index contributed by atoms with van der Waals surface area (Å²) in [5, 5.41) is 5.27. The van der Waals surface area contributed by atoms with Crippen LogP contribution in [0.2, 0.25) is 0 Å². The Hall–Kier alpha value is -3.73. The number of nitrogens with two attached hydrogens (primary N) is 1. The van der Waals surface area contributed by atoms with Crippen molar-refractivity contribution in [2.24, 2.45) is 7.05 Å². The van der Waals surface area contributed by atoms with Crippen molar-refractivity contribution in [2.75, 3.05) is 25.5 Å². The summed E-state index contributed by atoms with van der Waals surface area (Å²) < 4.78 is 61.0. The molecule has 2 N–H and O–H groups in total. The van der Waals surface area contributed by atoms with Gasteiger partial charge in [-0.15, -0.1) is 0 Å². The largest absolute Gasteiger partial charge is 0.416 e. The van der Waals surface area contributed by atoms with Gasteiger partial charge < -0.3 is 15.4 Å². The molecular weight excluding hydrogens is 454 g/mol. The Kier molecular flexibility index (Phi) is 5.16. The fourth-order valence-electron chi connectivity index (χ4n) is 4.32. The number of aryl methyl sites for hydroxylation is 1. The number of pyridine rings is 1. The summed E-state index contributed by atoms with van der Waals surface area (Å²) >= 11 is 0. The summed E-state index contributed by atoms with van der Waals surface area (Å²) in [6.07, 6.45) is -2.93. The number of nitrogen functional groups attached to an aromatic ring is 1. The summed E-state index contributed by atoms with van der Waals surface area (Å²) in [4.78, 5) is 19.1. The number of rotatable bonds is 2. The summed E-state index contributed by atoms with van der Waals surface area (Å²) in [5.74, 6) is -1.17. The summed E-state index contributed by atoms with van der Waals surface area (Å²) in [7, 11) is 1.70. The Morgan fingerprint density at radius 1 is 1.18 bits per heavy atom. The Balaban J connectivity index is 1.56. The lowest BCUT2D eigenvalue weighted by molar-refractivity contribution is -0.137. The first-order chi connectivity index (χ1) is 16.1. The van der Waals surface area contributed by atoms with Crippen LogP contribution in [-0.4, -0.2) is 45.3 Å². The van der Waals surface area contributed by atoms with E-state index in [0.717, 1.165) is 18.2 Å². The van der Waals surface area contributed by atoms with Gasteiger partial charge in [0.25, 0.3) is 5.91 Å². The number of benzene rings is 2. The molecule has 0 saturated carbocycles. The molecule has 1 amide bonds. The fraction of sp³-hybridized carbons (Fsp3) is 0.261. The van der Waals surface area contributed by atoms with Gasteiger partial charge in [0.05, 0.1) is 53.0 Å². The molecule has 0 unspecified atom stereocenters. The van der Waals surface area contributed by atoms with Gasteiger partial charge in [-0.3, -0.25) is 9.48 Å². The van der Waals surface area contributed by atoms with Gasteiger partial charge in [-0.1, -0.05) is 12.1 Å². The van der Waals surface area contributed by atoms with E-state index in [0.29, 0.717) is 21.9 Å². The zero-order valence-electron chi connectivity index (χ0n) is 17.9. The smallest absolute Gasteiger partial charge is 0.383 e. The van der Waals surface area contributed by atoms with Gasteiger partial charge in [0.15, 0.2) is 0 Å². The SMILES string of the molecule is Cn1ncc2c(N)nc3cc(F)c(C(=O)N4CCOC[C@@H]4c4ccc(C(F)(F)F)cc4)cc3c21. The summed E-state index contributed by atoms with van der Waals surface area (Å²) in [5.41, 5.74) is 6.35.